The van der Waals surface area contributed by atoms with Crippen LogP contribution < -0.4 is 10.4 Å². The first-order chi connectivity index (χ1) is 13.8. The molecule has 2 atom stereocenters. The van der Waals surface area contributed by atoms with Crippen LogP contribution in [0.3, 0.4) is 0 Å². The van der Waals surface area contributed by atoms with Crippen molar-refractivity contribution in [1.29, 1.82) is 0 Å². The molecule has 0 unspecified atom stereocenters. The van der Waals surface area contributed by atoms with Gasteiger partial charge in [0.2, 0.25) is 0 Å². The van der Waals surface area contributed by atoms with Gasteiger partial charge in [-0.2, -0.15) is 0 Å². The molecule has 5 heteroatoms. The fourth-order valence-corrected chi connectivity index (χ4v) is 4.09. The zero-order valence-corrected chi connectivity index (χ0v) is 17.2. The molecule has 0 fully saturated rings. The highest BCUT2D eigenvalue weighted by Crippen LogP contribution is 2.48. The molecule has 29 heavy (non-hydrogen) atoms. The van der Waals surface area contributed by atoms with Gasteiger partial charge in [-0.15, -0.1) is 0 Å². The first kappa shape index (κ1) is 19.4. The second kappa shape index (κ2) is 7.14. The fraction of sp³-hybridized carbons (Fsp3) is 0.375. The average Bonchev–Trinajstić information content (AvgIpc) is 3.16. The Kier molecular flexibility index (Phi) is 4.77. The molecule has 0 saturated heterocycles. The smallest absolute Gasteiger partial charge is 0.343 e. The summed E-state index contributed by atoms with van der Waals surface area (Å²) in [5.41, 5.74) is 2.40. The molecule has 152 valence electrons. The van der Waals surface area contributed by atoms with Gasteiger partial charge >= 0.3 is 5.63 Å². The second-order valence-electron chi connectivity index (χ2n) is 8.31. The third-order valence-corrected chi connectivity index (χ3v) is 5.93. The average molecular weight is 394 g/mol. The van der Waals surface area contributed by atoms with Crippen LogP contribution >= 0.6 is 0 Å². The van der Waals surface area contributed by atoms with Crippen LogP contribution in [0.2, 0.25) is 0 Å². The molecule has 5 nitrogen and oxygen atoms in total. The van der Waals surface area contributed by atoms with E-state index in [4.69, 9.17) is 13.6 Å². The van der Waals surface area contributed by atoms with Crippen LogP contribution in [0.15, 0.2) is 55.8 Å². The summed E-state index contributed by atoms with van der Waals surface area (Å²) in [4.78, 5) is 12.6. The number of furan rings is 1. The molecule has 4 rings (SSSR count). The van der Waals surface area contributed by atoms with Gasteiger partial charge in [0.15, 0.2) is 0 Å². The summed E-state index contributed by atoms with van der Waals surface area (Å²) in [5.74, 6) is 1.51. The monoisotopic (exact) mass is 394 g/mol. The Hall–Kier alpha value is -2.95. The molecule has 3 heterocycles. The highest BCUT2D eigenvalue weighted by Gasteiger charge is 2.44. The predicted octanol–water partition coefficient (Wildman–Crippen LogP) is 5.62. The van der Waals surface area contributed by atoms with Gasteiger partial charge in [0.05, 0.1) is 17.2 Å². The first-order valence-electron chi connectivity index (χ1n) is 9.95. The number of ether oxygens (including phenoxy) is 1. The van der Waals surface area contributed by atoms with E-state index in [9.17, 15) is 9.90 Å². The van der Waals surface area contributed by atoms with Crippen molar-refractivity contribution in [3.63, 3.8) is 0 Å². The Morgan fingerprint density at radius 3 is 2.83 bits per heavy atom. The van der Waals surface area contributed by atoms with Crippen molar-refractivity contribution < 1.29 is 18.7 Å². The number of phenols is 1. The number of hydrogen-bond acceptors (Lipinski definition) is 5. The van der Waals surface area contributed by atoms with Crippen LogP contribution in [0.1, 0.15) is 56.4 Å². The number of fused-ring (bicyclic) bond motifs is 3. The Morgan fingerprint density at radius 1 is 1.31 bits per heavy atom. The second-order valence-corrected chi connectivity index (χ2v) is 8.31. The lowest BCUT2D eigenvalue weighted by Gasteiger charge is -2.28. The summed E-state index contributed by atoms with van der Waals surface area (Å²) < 4.78 is 17.3. The number of aromatic hydroxyl groups is 1. The Bertz CT molecular complexity index is 1150. The zero-order valence-electron chi connectivity index (χ0n) is 17.2. The molecule has 3 aromatic rings. The minimum Gasteiger partial charge on any atom is -0.508 e. The molecule has 2 aromatic heterocycles. The van der Waals surface area contributed by atoms with Crippen LogP contribution in [0.5, 0.6) is 11.5 Å². The number of benzene rings is 1. The van der Waals surface area contributed by atoms with Gasteiger partial charge in [-0.1, -0.05) is 18.6 Å². The number of rotatable bonds is 5. The van der Waals surface area contributed by atoms with Crippen molar-refractivity contribution in [2.24, 2.45) is 0 Å². The third kappa shape index (κ3) is 3.57. The van der Waals surface area contributed by atoms with E-state index in [2.05, 4.69) is 19.1 Å². The van der Waals surface area contributed by atoms with Crippen molar-refractivity contribution in [2.45, 2.75) is 58.5 Å². The molecule has 0 amide bonds. The minimum absolute atomic E-state index is 0.0572. The minimum atomic E-state index is -0.499. The summed E-state index contributed by atoms with van der Waals surface area (Å²) in [7, 11) is 0. The normalized spacial score (nSPS) is 21.4. The molecular formula is C24H26O5. The quantitative estimate of drug-likeness (QED) is 0.449. The molecule has 0 bridgehead atoms. The molecule has 0 aliphatic carbocycles. The highest BCUT2D eigenvalue weighted by molar-refractivity contribution is 5.86. The van der Waals surface area contributed by atoms with Gasteiger partial charge in [0, 0.05) is 18.4 Å². The van der Waals surface area contributed by atoms with Crippen LogP contribution in [-0.2, 0) is 6.42 Å². The fourth-order valence-electron chi connectivity index (χ4n) is 4.09. The van der Waals surface area contributed by atoms with Crippen molar-refractivity contribution in [3.05, 3.63) is 69.5 Å². The molecular weight excluding hydrogens is 368 g/mol. The lowest BCUT2D eigenvalue weighted by Crippen LogP contribution is -2.33. The maximum absolute atomic E-state index is 12.6. The maximum atomic E-state index is 12.6. The standard InChI is InChI=1S/C24H26O5/c1-14(10-18-11-15(2)13-27-18)6-5-9-24(4)16(3)21-22(29-24)19-8-7-17(25)12-20(19)28-23(21)26/h6-8,11-13,16,25H,5,9-10H2,1-4H3/b14-6+/t16-,24+/m1/s1. The highest BCUT2D eigenvalue weighted by atomic mass is 16.5. The summed E-state index contributed by atoms with van der Waals surface area (Å²) in [6.07, 6.45) is 6.38. The lowest BCUT2D eigenvalue weighted by molar-refractivity contribution is 0.0862. The summed E-state index contributed by atoms with van der Waals surface area (Å²) >= 11 is 0. The van der Waals surface area contributed by atoms with E-state index in [1.54, 1.807) is 18.4 Å². The van der Waals surface area contributed by atoms with Crippen molar-refractivity contribution >= 4 is 11.0 Å². The van der Waals surface area contributed by atoms with Crippen LogP contribution in [0, 0.1) is 6.92 Å². The van der Waals surface area contributed by atoms with Gasteiger partial charge in [-0.3, -0.25) is 0 Å². The predicted molar refractivity (Wildman–Crippen MR) is 112 cm³/mol. The molecule has 1 aliphatic heterocycles. The van der Waals surface area contributed by atoms with E-state index in [0.29, 0.717) is 22.3 Å². The number of allylic oxidation sites excluding steroid dienone is 2. The molecule has 1 N–H and O–H groups in total. The molecule has 0 spiro atoms. The largest absolute Gasteiger partial charge is 0.508 e. The molecule has 0 radical (unpaired) electrons. The van der Waals surface area contributed by atoms with E-state index >= 15 is 0 Å². The van der Waals surface area contributed by atoms with Crippen LogP contribution in [0.4, 0.5) is 0 Å². The summed E-state index contributed by atoms with van der Waals surface area (Å²) in [6.45, 7) is 8.17. The van der Waals surface area contributed by atoms with Crippen molar-refractivity contribution in [1.82, 2.24) is 0 Å². The molecule has 1 aliphatic rings. The van der Waals surface area contributed by atoms with E-state index in [1.165, 1.54) is 11.6 Å². The van der Waals surface area contributed by atoms with Gasteiger partial charge < -0.3 is 18.7 Å². The summed E-state index contributed by atoms with van der Waals surface area (Å²) in [5, 5.41) is 10.4. The van der Waals surface area contributed by atoms with Crippen molar-refractivity contribution in [2.75, 3.05) is 0 Å². The topological polar surface area (TPSA) is 72.8 Å². The van der Waals surface area contributed by atoms with Gasteiger partial charge in [-0.25, -0.2) is 4.79 Å². The van der Waals surface area contributed by atoms with E-state index in [0.717, 1.165) is 30.6 Å². The Morgan fingerprint density at radius 2 is 2.10 bits per heavy atom. The van der Waals surface area contributed by atoms with Gasteiger partial charge in [0.1, 0.15) is 28.4 Å². The zero-order chi connectivity index (χ0) is 20.8. The molecule has 1 aromatic carbocycles. The SMILES string of the molecule is C/C(=C\CC[C@]1(C)Oc2c(c(=O)oc3cc(O)ccc23)[C@H]1C)Cc1cc(C)co1. The number of hydrogen-bond donors (Lipinski definition) is 1. The maximum Gasteiger partial charge on any atom is 0.343 e. The molecule has 0 saturated carbocycles. The number of aryl methyl sites for hydroxylation is 1. The van der Waals surface area contributed by atoms with E-state index < -0.39 is 11.2 Å². The summed E-state index contributed by atoms with van der Waals surface area (Å²) in [6, 6.07) is 6.82. The Labute approximate surface area is 169 Å². The lowest BCUT2D eigenvalue weighted by atomic mass is 9.84. The van der Waals surface area contributed by atoms with E-state index in [-0.39, 0.29) is 11.7 Å². The van der Waals surface area contributed by atoms with Gasteiger partial charge in [0.25, 0.3) is 0 Å². The third-order valence-electron chi connectivity index (χ3n) is 5.93. The number of phenolic OH excluding ortho intramolecular Hbond substituents is 1. The van der Waals surface area contributed by atoms with Crippen molar-refractivity contribution in [3.8, 4) is 11.5 Å². The Balaban J connectivity index is 1.53. The van der Waals surface area contributed by atoms with Gasteiger partial charge in [-0.05, 0) is 57.4 Å². The first-order valence-corrected chi connectivity index (χ1v) is 9.95. The van der Waals surface area contributed by atoms with Crippen LogP contribution in [-0.4, -0.2) is 10.7 Å². The van der Waals surface area contributed by atoms with Crippen LogP contribution in [0.25, 0.3) is 11.0 Å². The van der Waals surface area contributed by atoms with E-state index in [1.807, 2.05) is 20.8 Å².